The van der Waals surface area contributed by atoms with E-state index in [2.05, 4.69) is 9.97 Å². The molecule has 10 heavy (non-hydrogen) atoms. The fourth-order valence-electron chi connectivity index (χ4n) is 0.752. The Morgan fingerprint density at radius 1 is 1.50 bits per heavy atom. The van der Waals surface area contributed by atoms with Crippen LogP contribution in [0.3, 0.4) is 0 Å². The van der Waals surface area contributed by atoms with Crippen molar-refractivity contribution in [1.29, 1.82) is 0 Å². The summed E-state index contributed by atoms with van der Waals surface area (Å²) >= 11 is 0. The third-order valence-corrected chi connectivity index (χ3v) is 3.74. The highest BCUT2D eigenvalue weighted by molar-refractivity contribution is 8.69. The third-order valence-electron chi connectivity index (χ3n) is 1.16. The van der Waals surface area contributed by atoms with Crippen LogP contribution in [-0.4, -0.2) is 14.2 Å². The fourth-order valence-corrected chi connectivity index (χ4v) is 3.30. The molecule has 0 N–H and O–H groups in total. The summed E-state index contributed by atoms with van der Waals surface area (Å²) in [6.07, 6.45) is 3.25. The molecular formula is C5H4N2OS2. The van der Waals surface area contributed by atoms with Gasteiger partial charge >= 0.3 is 0 Å². The first-order valence-corrected chi connectivity index (χ1v) is 5.38. The zero-order valence-corrected chi connectivity index (χ0v) is 6.61. The van der Waals surface area contributed by atoms with Crippen LogP contribution in [0.4, 0.5) is 0 Å². The molecule has 52 valence electrons. The fraction of sp³-hybridized carbons (Fsp3) is 0.200. The maximum Gasteiger partial charge on any atom is 0.131 e. The van der Waals surface area contributed by atoms with Crippen molar-refractivity contribution >= 4 is 20.6 Å². The van der Waals surface area contributed by atoms with Crippen LogP contribution in [0.2, 0.25) is 0 Å². The first-order chi connectivity index (χ1) is 4.86. The minimum Gasteiger partial charge on any atom is -0.256 e. The molecule has 1 aromatic heterocycles. The summed E-state index contributed by atoms with van der Waals surface area (Å²) in [5.74, 6) is 0.549. The maximum absolute atomic E-state index is 10.9. The van der Waals surface area contributed by atoms with Crippen LogP contribution >= 0.6 is 10.8 Å². The number of nitrogens with zero attached hydrogens (tertiary/aromatic N) is 2. The number of fused-ring (bicyclic) bond motifs is 1. The SMILES string of the molecule is O=S1Cc2nccnc2S1. The van der Waals surface area contributed by atoms with Gasteiger partial charge in [0.2, 0.25) is 0 Å². The van der Waals surface area contributed by atoms with Gasteiger partial charge in [0.25, 0.3) is 0 Å². The molecule has 0 bridgehead atoms. The van der Waals surface area contributed by atoms with Gasteiger partial charge in [-0.05, 0) is 10.8 Å². The molecule has 2 rings (SSSR count). The Kier molecular flexibility index (Phi) is 1.46. The molecule has 0 fully saturated rings. The Morgan fingerprint density at radius 2 is 2.30 bits per heavy atom. The van der Waals surface area contributed by atoms with Gasteiger partial charge in [-0.3, -0.25) is 4.98 Å². The van der Waals surface area contributed by atoms with Crippen molar-refractivity contribution in [3.05, 3.63) is 18.1 Å². The Balaban J connectivity index is 2.51. The topological polar surface area (TPSA) is 42.9 Å². The Labute approximate surface area is 64.1 Å². The number of aromatic nitrogens is 2. The molecule has 0 saturated carbocycles. The predicted molar refractivity (Wildman–Crippen MR) is 39.7 cm³/mol. The smallest absolute Gasteiger partial charge is 0.131 e. The van der Waals surface area contributed by atoms with E-state index in [1.165, 1.54) is 10.8 Å². The van der Waals surface area contributed by atoms with Crippen LogP contribution in [0.15, 0.2) is 17.4 Å². The molecule has 0 amide bonds. The van der Waals surface area contributed by atoms with E-state index in [0.717, 1.165) is 10.7 Å². The predicted octanol–water partition coefficient (Wildman–Crippen LogP) is 0.746. The highest BCUT2D eigenvalue weighted by Gasteiger charge is 2.19. The van der Waals surface area contributed by atoms with Gasteiger partial charge in [-0.15, -0.1) is 0 Å². The summed E-state index contributed by atoms with van der Waals surface area (Å²) in [7, 11) is 0.462. The van der Waals surface area contributed by atoms with Gasteiger partial charge in [0.05, 0.1) is 21.3 Å². The van der Waals surface area contributed by atoms with Gasteiger partial charge < -0.3 is 0 Å². The largest absolute Gasteiger partial charge is 0.256 e. The first-order valence-electron chi connectivity index (χ1n) is 2.73. The van der Waals surface area contributed by atoms with Gasteiger partial charge in [-0.2, -0.15) is 0 Å². The van der Waals surface area contributed by atoms with E-state index in [-0.39, 0.29) is 0 Å². The summed E-state index contributed by atoms with van der Waals surface area (Å²) in [4.78, 5) is 8.05. The maximum atomic E-state index is 10.9. The average molecular weight is 172 g/mol. The van der Waals surface area contributed by atoms with Crippen LogP contribution in [-0.2, 0) is 15.6 Å². The summed E-state index contributed by atoms with van der Waals surface area (Å²) < 4.78 is 10.9. The second-order valence-corrected chi connectivity index (χ2v) is 4.90. The molecular weight excluding hydrogens is 168 g/mol. The first kappa shape index (κ1) is 6.30. The lowest BCUT2D eigenvalue weighted by atomic mass is 10.5. The third kappa shape index (κ3) is 0.951. The van der Waals surface area contributed by atoms with Crippen LogP contribution in [0.25, 0.3) is 0 Å². The number of rotatable bonds is 0. The van der Waals surface area contributed by atoms with E-state index in [1.807, 2.05) is 0 Å². The van der Waals surface area contributed by atoms with E-state index in [1.54, 1.807) is 12.4 Å². The molecule has 1 aliphatic heterocycles. The van der Waals surface area contributed by atoms with Crippen molar-refractivity contribution in [2.24, 2.45) is 0 Å². The molecule has 0 spiro atoms. The van der Waals surface area contributed by atoms with Crippen molar-refractivity contribution in [3.8, 4) is 0 Å². The molecule has 1 unspecified atom stereocenters. The lowest BCUT2D eigenvalue weighted by molar-refractivity contribution is 0.691. The molecule has 1 aliphatic rings. The van der Waals surface area contributed by atoms with E-state index >= 15 is 0 Å². The minimum atomic E-state index is -0.828. The highest BCUT2D eigenvalue weighted by atomic mass is 33.1. The van der Waals surface area contributed by atoms with Gasteiger partial charge in [0.15, 0.2) is 0 Å². The Hall–Kier alpha value is -0.420. The molecule has 3 nitrogen and oxygen atoms in total. The molecule has 2 heterocycles. The van der Waals surface area contributed by atoms with Gasteiger partial charge in [0.1, 0.15) is 5.03 Å². The van der Waals surface area contributed by atoms with E-state index < -0.39 is 9.83 Å². The van der Waals surface area contributed by atoms with Crippen molar-refractivity contribution in [1.82, 2.24) is 9.97 Å². The molecule has 0 saturated heterocycles. The molecule has 0 aliphatic carbocycles. The lowest BCUT2D eigenvalue weighted by Gasteiger charge is -1.88. The van der Waals surface area contributed by atoms with Crippen LogP contribution in [0, 0.1) is 0 Å². The van der Waals surface area contributed by atoms with Gasteiger partial charge in [-0.25, -0.2) is 9.19 Å². The standard InChI is InChI=1S/C5H4N2OS2/c8-10-3-4-5(9-10)7-2-1-6-4/h1-2H,3H2. The van der Waals surface area contributed by atoms with E-state index in [9.17, 15) is 4.21 Å². The summed E-state index contributed by atoms with van der Waals surface area (Å²) in [6.45, 7) is 0. The monoisotopic (exact) mass is 172 g/mol. The normalized spacial score (nSPS) is 22.6. The van der Waals surface area contributed by atoms with Gasteiger partial charge in [-0.1, -0.05) is 0 Å². The van der Waals surface area contributed by atoms with Crippen molar-refractivity contribution in [2.45, 2.75) is 10.8 Å². The zero-order chi connectivity index (χ0) is 6.97. The molecule has 0 radical (unpaired) electrons. The quantitative estimate of drug-likeness (QED) is 0.541. The summed E-state index contributed by atoms with van der Waals surface area (Å²) in [6, 6.07) is 0. The van der Waals surface area contributed by atoms with E-state index in [4.69, 9.17) is 0 Å². The van der Waals surface area contributed by atoms with Gasteiger partial charge in [0, 0.05) is 12.4 Å². The molecule has 0 aromatic carbocycles. The molecule has 1 aromatic rings. The Bertz CT molecular complexity index is 262. The number of hydrogen-bond donors (Lipinski definition) is 0. The van der Waals surface area contributed by atoms with Crippen LogP contribution in [0.1, 0.15) is 5.69 Å². The van der Waals surface area contributed by atoms with Crippen molar-refractivity contribution < 1.29 is 4.21 Å². The highest BCUT2D eigenvalue weighted by Crippen LogP contribution is 2.31. The molecule has 5 heteroatoms. The second kappa shape index (κ2) is 2.32. The Morgan fingerprint density at radius 3 is 3.10 bits per heavy atom. The van der Waals surface area contributed by atoms with Crippen LogP contribution < -0.4 is 0 Å². The molecule has 1 atom stereocenters. The summed E-state index contributed by atoms with van der Waals surface area (Å²) in [5.41, 5.74) is 0.867. The lowest BCUT2D eigenvalue weighted by Crippen LogP contribution is -1.87. The number of hydrogen-bond acceptors (Lipinski definition) is 4. The van der Waals surface area contributed by atoms with Crippen molar-refractivity contribution in [3.63, 3.8) is 0 Å². The second-order valence-electron chi connectivity index (χ2n) is 1.84. The average Bonchev–Trinajstić information content (AvgIpc) is 2.27. The minimum absolute atomic E-state index is 0.549. The van der Waals surface area contributed by atoms with E-state index in [0.29, 0.717) is 5.75 Å². The van der Waals surface area contributed by atoms with Crippen LogP contribution in [0.5, 0.6) is 0 Å². The summed E-state index contributed by atoms with van der Waals surface area (Å²) in [5, 5.41) is 0.820. The zero-order valence-electron chi connectivity index (χ0n) is 4.98. The van der Waals surface area contributed by atoms with Crippen molar-refractivity contribution in [2.75, 3.05) is 0 Å².